The molecule has 1 rings (SSSR count). The van der Waals surface area contributed by atoms with E-state index in [1.54, 1.807) is 0 Å². The molecule has 0 aliphatic carbocycles. The Bertz CT molecular complexity index is 171. The number of aliphatic hydroxyl groups is 1. The summed E-state index contributed by atoms with van der Waals surface area (Å²) in [6.45, 7) is 8.50. The highest BCUT2D eigenvalue weighted by Gasteiger charge is 2.30. The Kier molecular flexibility index (Phi) is 4.29. The molecule has 3 heteroatoms. The third kappa shape index (κ3) is 4.67. The van der Waals surface area contributed by atoms with Crippen molar-refractivity contribution in [2.24, 2.45) is 5.41 Å². The van der Waals surface area contributed by atoms with Gasteiger partial charge in [0.2, 0.25) is 0 Å². The van der Waals surface area contributed by atoms with Crippen molar-refractivity contribution in [1.82, 2.24) is 5.32 Å². The minimum atomic E-state index is -0.428. The average Bonchev–Trinajstić information content (AvgIpc) is 2.45. The SMILES string of the molecule is CC(C)(C)CCNC[C@@]1(O)CCSC1. The van der Waals surface area contributed by atoms with Crippen molar-refractivity contribution in [2.45, 2.75) is 39.2 Å². The molecule has 2 N–H and O–H groups in total. The van der Waals surface area contributed by atoms with E-state index in [0.717, 1.165) is 37.4 Å². The first-order chi connectivity index (χ1) is 6.41. The first kappa shape index (κ1) is 12.3. The summed E-state index contributed by atoms with van der Waals surface area (Å²) in [4.78, 5) is 0. The highest BCUT2D eigenvalue weighted by atomic mass is 32.2. The fourth-order valence-electron chi connectivity index (χ4n) is 1.52. The molecule has 0 aromatic carbocycles. The molecule has 0 radical (unpaired) electrons. The molecular weight excluding hydrogens is 194 g/mol. The van der Waals surface area contributed by atoms with Crippen molar-refractivity contribution in [3.05, 3.63) is 0 Å². The quantitative estimate of drug-likeness (QED) is 0.705. The predicted molar refractivity (Wildman–Crippen MR) is 63.8 cm³/mol. The third-order valence-electron chi connectivity index (χ3n) is 2.59. The van der Waals surface area contributed by atoms with Gasteiger partial charge in [0.15, 0.2) is 0 Å². The molecule has 1 saturated heterocycles. The monoisotopic (exact) mass is 217 g/mol. The van der Waals surface area contributed by atoms with E-state index in [-0.39, 0.29) is 0 Å². The second-order valence-electron chi connectivity index (χ2n) is 5.51. The Balaban J connectivity index is 2.09. The molecule has 14 heavy (non-hydrogen) atoms. The Morgan fingerprint density at radius 1 is 1.43 bits per heavy atom. The Labute approximate surface area is 91.9 Å². The molecule has 1 aliphatic heterocycles. The van der Waals surface area contributed by atoms with Crippen LogP contribution in [0.1, 0.15) is 33.6 Å². The van der Waals surface area contributed by atoms with Crippen molar-refractivity contribution >= 4 is 11.8 Å². The van der Waals surface area contributed by atoms with Gasteiger partial charge in [-0.3, -0.25) is 0 Å². The molecule has 0 aromatic rings. The Morgan fingerprint density at radius 3 is 2.64 bits per heavy atom. The van der Waals surface area contributed by atoms with E-state index in [1.165, 1.54) is 0 Å². The first-order valence-electron chi connectivity index (χ1n) is 5.42. The molecule has 84 valence electrons. The van der Waals surface area contributed by atoms with Gasteiger partial charge in [-0.25, -0.2) is 0 Å². The highest BCUT2D eigenvalue weighted by Crippen LogP contribution is 2.27. The predicted octanol–water partition coefficient (Wildman–Crippen LogP) is 1.88. The van der Waals surface area contributed by atoms with Gasteiger partial charge >= 0.3 is 0 Å². The van der Waals surface area contributed by atoms with E-state index >= 15 is 0 Å². The molecule has 0 unspecified atom stereocenters. The van der Waals surface area contributed by atoms with Crippen LogP contribution in [0.4, 0.5) is 0 Å². The number of thioether (sulfide) groups is 1. The maximum atomic E-state index is 10.0. The van der Waals surface area contributed by atoms with Crippen LogP contribution >= 0.6 is 11.8 Å². The van der Waals surface area contributed by atoms with Gasteiger partial charge in [0.1, 0.15) is 0 Å². The van der Waals surface area contributed by atoms with E-state index in [1.807, 2.05) is 11.8 Å². The molecule has 2 nitrogen and oxygen atoms in total. The zero-order valence-electron chi connectivity index (χ0n) is 9.60. The maximum Gasteiger partial charge on any atom is 0.0869 e. The summed E-state index contributed by atoms with van der Waals surface area (Å²) >= 11 is 1.85. The summed E-state index contributed by atoms with van der Waals surface area (Å²) < 4.78 is 0. The lowest BCUT2D eigenvalue weighted by Crippen LogP contribution is -2.41. The summed E-state index contributed by atoms with van der Waals surface area (Å²) in [6, 6.07) is 0. The zero-order chi connectivity index (χ0) is 10.7. The fourth-order valence-corrected chi connectivity index (χ4v) is 2.82. The lowest BCUT2D eigenvalue weighted by Gasteiger charge is -2.23. The van der Waals surface area contributed by atoms with Crippen molar-refractivity contribution in [1.29, 1.82) is 0 Å². The van der Waals surface area contributed by atoms with Gasteiger partial charge < -0.3 is 10.4 Å². The summed E-state index contributed by atoms with van der Waals surface area (Å²) in [7, 11) is 0. The lowest BCUT2D eigenvalue weighted by molar-refractivity contribution is 0.0671. The van der Waals surface area contributed by atoms with E-state index in [0.29, 0.717) is 5.41 Å². The number of nitrogens with one attached hydrogen (secondary N) is 1. The van der Waals surface area contributed by atoms with Gasteiger partial charge in [-0.2, -0.15) is 11.8 Å². The van der Waals surface area contributed by atoms with E-state index in [2.05, 4.69) is 26.1 Å². The molecule has 0 amide bonds. The van der Waals surface area contributed by atoms with Crippen LogP contribution in [-0.4, -0.2) is 35.3 Å². The number of hydrogen-bond acceptors (Lipinski definition) is 3. The lowest BCUT2D eigenvalue weighted by atomic mass is 9.92. The fraction of sp³-hybridized carbons (Fsp3) is 1.00. The minimum Gasteiger partial charge on any atom is -0.388 e. The number of hydrogen-bond donors (Lipinski definition) is 2. The maximum absolute atomic E-state index is 10.0. The third-order valence-corrected chi connectivity index (χ3v) is 3.82. The molecular formula is C11H23NOS. The van der Waals surface area contributed by atoms with E-state index in [9.17, 15) is 5.11 Å². The van der Waals surface area contributed by atoms with Crippen molar-refractivity contribution < 1.29 is 5.11 Å². The van der Waals surface area contributed by atoms with E-state index < -0.39 is 5.60 Å². The molecule has 1 atom stereocenters. The van der Waals surface area contributed by atoms with Gasteiger partial charge in [0, 0.05) is 12.3 Å². The molecule has 0 spiro atoms. The van der Waals surface area contributed by atoms with Gasteiger partial charge in [-0.15, -0.1) is 0 Å². The smallest absolute Gasteiger partial charge is 0.0869 e. The standard InChI is InChI=1S/C11H23NOS/c1-10(2,3)4-6-12-8-11(13)5-7-14-9-11/h12-13H,4-9H2,1-3H3/t11-/m0/s1. The normalized spacial score (nSPS) is 28.3. The molecule has 1 fully saturated rings. The first-order valence-corrected chi connectivity index (χ1v) is 6.58. The van der Waals surface area contributed by atoms with Crippen LogP contribution in [0, 0.1) is 5.41 Å². The average molecular weight is 217 g/mol. The van der Waals surface area contributed by atoms with Crippen LogP contribution in [0.3, 0.4) is 0 Å². The van der Waals surface area contributed by atoms with Crippen LogP contribution < -0.4 is 5.32 Å². The van der Waals surface area contributed by atoms with Gasteiger partial charge in [-0.05, 0) is 30.6 Å². The largest absolute Gasteiger partial charge is 0.388 e. The summed E-state index contributed by atoms with van der Waals surface area (Å²) in [6.07, 6.45) is 2.11. The summed E-state index contributed by atoms with van der Waals surface area (Å²) in [5.41, 5.74) is -0.0391. The molecule has 0 saturated carbocycles. The second kappa shape index (κ2) is 4.86. The van der Waals surface area contributed by atoms with Crippen molar-refractivity contribution in [3.63, 3.8) is 0 Å². The summed E-state index contributed by atoms with van der Waals surface area (Å²) in [5.74, 6) is 2.01. The molecule has 1 heterocycles. The van der Waals surface area contributed by atoms with E-state index in [4.69, 9.17) is 0 Å². The van der Waals surface area contributed by atoms with Crippen molar-refractivity contribution in [3.8, 4) is 0 Å². The molecule has 1 aliphatic rings. The zero-order valence-corrected chi connectivity index (χ0v) is 10.4. The van der Waals surface area contributed by atoms with Crippen LogP contribution in [0.5, 0.6) is 0 Å². The van der Waals surface area contributed by atoms with Crippen LogP contribution in [0.2, 0.25) is 0 Å². The topological polar surface area (TPSA) is 32.3 Å². The van der Waals surface area contributed by atoms with Gasteiger partial charge in [0.05, 0.1) is 5.60 Å². The van der Waals surface area contributed by atoms with Crippen LogP contribution in [-0.2, 0) is 0 Å². The Hall–Kier alpha value is 0.270. The second-order valence-corrected chi connectivity index (χ2v) is 6.62. The van der Waals surface area contributed by atoms with Crippen molar-refractivity contribution in [2.75, 3.05) is 24.6 Å². The van der Waals surface area contributed by atoms with Gasteiger partial charge in [0.25, 0.3) is 0 Å². The summed E-state index contributed by atoms with van der Waals surface area (Å²) in [5, 5.41) is 13.4. The highest BCUT2D eigenvalue weighted by molar-refractivity contribution is 7.99. The molecule has 0 aromatic heterocycles. The van der Waals surface area contributed by atoms with Crippen LogP contribution in [0.25, 0.3) is 0 Å². The van der Waals surface area contributed by atoms with Gasteiger partial charge in [-0.1, -0.05) is 20.8 Å². The molecule has 0 bridgehead atoms. The van der Waals surface area contributed by atoms with Crippen LogP contribution in [0.15, 0.2) is 0 Å². The Morgan fingerprint density at radius 2 is 2.14 bits per heavy atom. The minimum absolute atomic E-state index is 0.389. The number of rotatable bonds is 4.